The van der Waals surface area contributed by atoms with Crippen LogP contribution in [0.3, 0.4) is 0 Å². The number of allylic oxidation sites excluding steroid dienone is 1. The number of hydrogen-bond donors (Lipinski definition) is 3. The van der Waals surface area contributed by atoms with E-state index < -0.39 is 0 Å². The van der Waals surface area contributed by atoms with E-state index in [0.717, 1.165) is 6.26 Å². The predicted molar refractivity (Wildman–Crippen MR) is 58.2 cm³/mol. The molecular weight excluding hydrogens is 180 g/mol. The van der Waals surface area contributed by atoms with Crippen LogP contribution < -0.4 is 5.73 Å². The zero-order valence-corrected chi connectivity index (χ0v) is 8.01. The molecule has 0 unspecified atom stereocenters. The third-order valence-electron chi connectivity index (χ3n) is 1.30. The first kappa shape index (κ1) is 12.0. The van der Waals surface area contributed by atoms with Gasteiger partial charge in [0.1, 0.15) is 12.1 Å². The highest BCUT2D eigenvalue weighted by Gasteiger charge is 1.97. The van der Waals surface area contributed by atoms with Crippen LogP contribution in [0.25, 0.3) is 0 Å². The maximum Gasteiger partial charge on any atom is 0.130 e. The van der Waals surface area contributed by atoms with Gasteiger partial charge < -0.3 is 10.8 Å². The highest BCUT2D eigenvalue weighted by atomic mass is 16.2. The molecule has 5 nitrogen and oxygen atoms in total. The molecule has 0 saturated heterocycles. The molecule has 0 heterocycles. The Hall–Kier alpha value is -2.04. The summed E-state index contributed by atoms with van der Waals surface area (Å²) in [5, 5.41) is 16.0. The number of aliphatic imine (C=N–C) groups is 1. The fourth-order valence-electron chi connectivity index (χ4n) is 0.636. The lowest BCUT2D eigenvalue weighted by Gasteiger charge is -2.10. The maximum absolute atomic E-state index is 8.48. The number of aliphatic hydroxyl groups is 1. The molecular formula is C9H14N4O. The highest BCUT2D eigenvalue weighted by Crippen LogP contribution is 1.92. The van der Waals surface area contributed by atoms with Gasteiger partial charge in [0.2, 0.25) is 0 Å². The molecule has 5 heteroatoms. The van der Waals surface area contributed by atoms with Crippen molar-refractivity contribution < 1.29 is 5.11 Å². The van der Waals surface area contributed by atoms with Gasteiger partial charge in [0.05, 0.1) is 12.0 Å². The lowest BCUT2D eigenvalue weighted by Crippen LogP contribution is -2.20. The Kier molecular flexibility index (Phi) is 5.53. The van der Waals surface area contributed by atoms with E-state index in [-0.39, 0.29) is 11.5 Å². The molecule has 0 saturated carbocycles. The molecule has 0 bridgehead atoms. The number of aliphatic hydroxyl groups excluding tert-OH is 1. The molecule has 4 N–H and O–H groups in total. The predicted octanol–water partition coefficient (Wildman–Crippen LogP) is 0.982. The monoisotopic (exact) mass is 194 g/mol. The Balaban J connectivity index is 4.46. The van der Waals surface area contributed by atoms with Gasteiger partial charge in [-0.1, -0.05) is 6.58 Å². The van der Waals surface area contributed by atoms with Crippen LogP contribution in [0.2, 0.25) is 0 Å². The number of amidine groups is 1. The van der Waals surface area contributed by atoms with Crippen molar-refractivity contribution in [3.63, 3.8) is 0 Å². The lowest BCUT2D eigenvalue weighted by molar-refractivity contribution is 0.468. The third-order valence-corrected chi connectivity index (χ3v) is 1.30. The van der Waals surface area contributed by atoms with Crippen LogP contribution in [0.1, 0.15) is 0 Å². The molecule has 0 aliphatic heterocycles. The third kappa shape index (κ3) is 4.10. The van der Waals surface area contributed by atoms with Crippen LogP contribution in [0.5, 0.6) is 0 Å². The molecule has 76 valence electrons. The number of nitrogens with one attached hydrogen (secondary N) is 1. The molecule has 0 aromatic rings. The number of hydrogen-bond acceptors (Lipinski definition) is 4. The van der Waals surface area contributed by atoms with E-state index >= 15 is 0 Å². The van der Waals surface area contributed by atoms with Crippen molar-refractivity contribution in [2.45, 2.75) is 0 Å². The zero-order valence-electron chi connectivity index (χ0n) is 8.01. The van der Waals surface area contributed by atoms with E-state index in [0.29, 0.717) is 0 Å². The summed E-state index contributed by atoms with van der Waals surface area (Å²) in [7, 11) is 1.59. The minimum Gasteiger partial charge on any atom is -0.513 e. The smallest absolute Gasteiger partial charge is 0.130 e. The standard InChI is InChI=1S/C9H14N4O/c1-3-13(7-12-2)9(11)5-4-8(10)6-14/h3-7,11,14H,1,10H2,2H3/b5-4-,8-6-,11-9?,12-7?. The van der Waals surface area contributed by atoms with Gasteiger partial charge in [0.15, 0.2) is 0 Å². The summed E-state index contributed by atoms with van der Waals surface area (Å²) in [4.78, 5) is 5.14. The molecule has 0 fully saturated rings. The Morgan fingerprint density at radius 3 is 2.64 bits per heavy atom. The van der Waals surface area contributed by atoms with Gasteiger partial charge in [-0.05, 0) is 12.2 Å². The Labute approximate surface area is 83.1 Å². The highest BCUT2D eigenvalue weighted by molar-refractivity contribution is 5.98. The Morgan fingerprint density at radius 2 is 2.21 bits per heavy atom. The fourth-order valence-corrected chi connectivity index (χ4v) is 0.636. The SMILES string of the molecule is C=CN(C=NC)C(=N)/C=C\C(N)=C\O. The van der Waals surface area contributed by atoms with E-state index in [4.69, 9.17) is 16.2 Å². The molecule has 14 heavy (non-hydrogen) atoms. The van der Waals surface area contributed by atoms with E-state index in [1.165, 1.54) is 29.6 Å². The summed E-state index contributed by atoms with van der Waals surface area (Å²) < 4.78 is 0. The van der Waals surface area contributed by atoms with Crippen molar-refractivity contribution in [3.8, 4) is 0 Å². The second kappa shape index (κ2) is 6.47. The van der Waals surface area contributed by atoms with E-state index in [9.17, 15) is 0 Å². The van der Waals surface area contributed by atoms with Gasteiger partial charge >= 0.3 is 0 Å². The Morgan fingerprint density at radius 1 is 1.57 bits per heavy atom. The van der Waals surface area contributed by atoms with Crippen LogP contribution in [-0.2, 0) is 0 Å². The van der Waals surface area contributed by atoms with Crippen molar-refractivity contribution in [1.82, 2.24) is 4.90 Å². The summed E-state index contributed by atoms with van der Waals surface area (Å²) in [5.41, 5.74) is 5.46. The van der Waals surface area contributed by atoms with E-state index in [1.807, 2.05) is 0 Å². The number of nitrogens with zero attached hydrogens (tertiary/aromatic N) is 2. The minimum atomic E-state index is 0.149. The molecule has 0 rings (SSSR count). The zero-order chi connectivity index (χ0) is 11.0. The largest absolute Gasteiger partial charge is 0.513 e. The molecule has 0 radical (unpaired) electrons. The molecule has 0 spiro atoms. The lowest BCUT2D eigenvalue weighted by atomic mass is 10.4. The van der Waals surface area contributed by atoms with Gasteiger partial charge in [-0.15, -0.1) is 0 Å². The minimum absolute atomic E-state index is 0.149. The van der Waals surface area contributed by atoms with Crippen LogP contribution in [0, 0.1) is 5.41 Å². The Bertz CT molecular complexity index is 291. The summed E-state index contributed by atoms with van der Waals surface area (Å²) >= 11 is 0. The van der Waals surface area contributed by atoms with Gasteiger partial charge in [-0.3, -0.25) is 15.3 Å². The molecule has 0 aliphatic carbocycles. The molecule has 0 aromatic heterocycles. The molecule has 0 aliphatic rings. The van der Waals surface area contributed by atoms with Crippen LogP contribution in [-0.4, -0.2) is 29.2 Å². The van der Waals surface area contributed by atoms with Gasteiger partial charge in [-0.25, -0.2) is 0 Å². The summed E-state index contributed by atoms with van der Waals surface area (Å²) in [5.74, 6) is 0.149. The first-order valence-electron chi connectivity index (χ1n) is 3.85. The normalized spacial score (nSPS) is 12.2. The van der Waals surface area contributed by atoms with Crippen LogP contribution >= 0.6 is 0 Å². The van der Waals surface area contributed by atoms with Gasteiger partial charge in [-0.2, -0.15) is 0 Å². The van der Waals surface area contributed by atoms with E-state index in [2.05, 4.69) is 11.6 Å². The van der Waals surface area contributed by atoms with Crippen molar-refractivity contribution in [2.24, 2.45) is 10.7 Å². The van der Waals surface area contributed by atoms with Gasteiger partial charge in [0, 0.05) is 13.2 Å². The van der Waals surface area contributed by atoms with Crippen LogP contribution in [0.15, 0.2) is 41.9 Å². The quantitative estimate of drug-likeness (QED) is 0.270. The maximum atomic E-state index is 8.48. The summed E-state index contributed by atoms with van der Waals surface area (Å²) in [6, 6.07) is 0. The molecule has 0 atom stereocenters. The average Bonchev–Trinajstić information content (AvgIpc) is 2.21. The van der Waals surface area contributed by atoms with Crippen molar-refractivity contribution in [3.05, 3.63) is 36.9 Å². The van der Waals surface area contributed by atoms with Crippen molar-refractivity contribution >= 4 is 12.2 Å². The average molecular weight is 194 g/mol. The van der Waals surface area contributed by atoms with Crippen molar-refractivity contribution in [2.75, 3.05) is 7.05 Å². The summed E-state index contributed by atoms with van der Waals surface area (Å²) in [6.07, 6.45) is 6.47. The van der Waals surface area contributed by atoms with Crippen LogP contribution in [0.4, 0.5) is 0 Å². The topological polar surface area (TPSA) is 85.7 Å². The van der Waals surface area contributed by atoms with Gasteiger partial charge in [0.25, 0.3) is 0 Å². The first-order valence-corrected chi connectivity index (χ1v) is 3.85. The number of nitrogens with two attached hydrogens (primary N) is 1. The van der Waals surface area contributed by atoms with Crippen molar-refractivity contribution in [1.29, 1.82) is 5.41 Å². The van der Waals surface area contributed by atoms with E-state index in [1.54, 1.807) is 7.05 Å². The fraction of sp³-hybridized carbons (Fsp3) is 0.111. The number of rotatable bonds is 4. The second-order valence-corrected chi connectivity index (χ2v) is 2.31. The molecule has 0 aromatic carbocycles. The first-order chi connectivity index (χ1) is 6.65. The second-order valence-electron chi connectivity index (χ2n) is 2.31. The molecule has 0 amide bonds. The summed E-state index contributed by atoms with van der Waals surface area (Å²) in [6.45, 7) is 3.51.